The van der Waals surface area contributed by atoms with E-state index in [0.717, 1.165) is 23.9 Å². The van der Waals surface area contributed by atoms with Gasteiger partial charge in [0.05, 0.1) is 0 Å². The van der Waals surface area contributed by atoms with Crippen molar-refractivity contribution >= 4 is 15.9 Å². The molecule has 0 bridgehead atoms. The van der Waals surface area contributed by atoms with Crippen LogP contribution in [0, 0.1) is 0 Å². The molecule has 0 amide bonds. The molecule has 84 valence electrons. The predicted octanol–water partition coefficient (Wildman–Crippen LogP) is 2.87. The first-order chi connectivity index (χ1) is 7.27. The summed E-state index contributed by atoms with van der Waals surface area (Å²) in [4.78, 5) is 0. The largest absolute Gasteiger partial charge is 0.396 e. The highest BCUT2D eigenvalue weighted by molar-refractivity contribution is 9.10. The van der Waals surface area contributed by atoms with Gasteiger partial charge in [0.1, 0.15) is 0 Å². The molecule has 15 heavy (non-hydrogen) atoms. The molecular weight excluding hydrogens is 254 g/mol. The Labute approximate surface area is 99.8 Å². The molecule has 0 saturated heterocycles. The molecule has 0 fully saturated rings. The molecule has 2 nitrogen and oxygen atoms in total. The minimum absolute atomic E-state index is 0.220. The fourth-order valence-electron chi connectivity index (χ4n) is 1.53. The van der Waals surface area contributed by atoms with Crippen LogP contribution in [0.4, 0.5) is 0 Å². The van der Waals surface area contributed by atoms with Crippen LogP contribution in [-0.4, -0.2) is 18.3 Å². The van der Waals surface area contributed by atoms with Crippen molar-refractivity contribution in [1.29, 1.82) is 0 Å². The second kappa shape index (κ2) is 6.99. The van der Waals surface area contributed by atoms with Crippen molar-refractivity contribution in [3.05, 3.63) is 34.3 Å². The molecule has 1 unspecified atom stereocenters. The van der Waals surface area contributed by atoms with Gasteiger partial charge in [-0.3, -0.25) is 0 Å². The number of halogens is 1. The second-order valence-electron chi connectivity index (χ2n) is 3.57. The number of rotatable bonds is 6. The molecule has 0 radical (unpaired) electrons. The van der Waals surface area contributed by atoms with E-state index in [1.165, 1.54) is 5.56 Å². The fourth-order valence-corrected chi connectivity index (χ4v) is 1.79. The molecular formula is C12H18BrNO. The van der Waals surface area contributed by atoms with Crippen LogP contribution in [0.15, 0.2) is 28.7 Å². The van der Waals surface area contributed by atoms with Gasteiger partial charge in [-0.1, -0.05) is 35.0 Å². The summed E-state index contributed by atoms with van der Waals surface area (Å²) < 4.78 is 1.09. The van der Waals surface area contributed by atoms with E-state index < -0.39 is 0 Å². The molecule has 0 aliphatic carbocycles. The van der Waals surface area contributed by atoms with Gasteiger partial charge in [-0.25, -0.2) is 0 Å². The lowest BCUT2D eigenvalue weighted by Crippen LogP contribution is -2.23. The summed E-state index contributed by atoms with van der Waals surface area (Å²) in [6.45, 7) is 3.35. The molecule has 0 spiro atoms. The van der Waals surface area contributed by atoms with Gasteiger partial charge >= 0.3 is 0 Å². The summed E-state index contributed by atoms with van der Waals surface area (Å²) in [6, 6.07) is 8.52. The van der Waals surface area contributed by atoms with Crippen molar-refractivity contribution < 1.29 is 5.11 Å². The third-order valence-electron chi connectivity index (χ3n) is 2.33. The minimum atomic E-state index is 0.220. The van der Waals surface area contributed by atoms with E-state index in [0.29, 0.717) is 0 Å². The van der Waals surface area contributed by atoms with E-state index in [-0.39, 0.29) is 12.6 Å². The smallest absolute Gasteiger partial charge is 0.0449 e. The molecule has 0 aromatic heterocycles. The summed E-state index contributed by atoms with van der Waals surface area (Å²) in [5.41, 5.74) is 1.24. The van der Waals surface area contributed by atoms with E-state index in [9.17, 15) is 0 Å². The van der Waals surface area contributed by atoms with Crippen molar-refractivity contribution in [3.63, 3.8) is 0 Å². The number of nitrogens with one attached hydrogen (secondary N) is 1. The first-order valence-corrected chi connectivity index (χ1v) is 6.17. The van der Waals surface area contributed by atoms with Crippen molar-refractivity contribution in [2.24, 2.45) is 0 Å². The number of hydrogen-bond donors (Lipinski definition) is 2. The van der Waals surface area contributed by atoms with E-state index in [2.05, 4.69) is 40.3 Å². The van der Waals surface area contributed by atoms with Gasteiger partial charge in [-0.15, -0.1) is 0 Å². The van der Waals surface area contributed by atoms with Gasteiger partial charge in [0, 0.05) is 17.1 Å². The zero-order chi connectivity index (χ0) is 11.1. The molecule has 1 aromatic rings. The van der Waals surface area contributed by atoms with Crippen molar-refractivity contribution in [1.82, 2.24) is 5.32 Å². The lowest BCUT2D eigenvalue weighted by molar-refractivity contribution is 0.265. The van der Waals surface area contributed by atoms with Crippen LogP contribution in [0.5, 0.6) is 0 Å². The standard InChI is InChI=1S/C12H18BrNO/c1-2-8-14-12(7-9-15)10-3-5-11(13)6-4-10/h3-6,12,14-15H,2,7-9H2,1H3. The van der Waals surface area contributed by atoms with Crippen LogP contribution < -0.4 is 5.32 Å². The van der Waals surface area contributed by atoms with Crippen LogP contribution in [-0.2, 0) is 0 Å². The maximum Gasteiger partial charge on any atom is 0.0449 e. The molecule has 0 heterocycles. The molecule has 2 N–H and O–H groups in total. The number of aliphatic hydroxyl groups excluding tert-OH is 1. The van der Waals surface area contributed by atoms with Gasteiger partial charge in [0.15, 0.2) is 0 Å². The molecule has 0 aliphatic rings. The van der Waals surface area contributed by atoms with E-state index in [1.807, 2.05) is 12.1 Å². The van der Waals surface area contributed by atoms with Crippen LogP contribution in [0.25, 0.3) is 0 Å². The topological polar surface area (TPSA) is 32.3 Å². The van der Waals surface area contributed by atoms with Crippen molar-refractivity contribution in [2.75, 3.05) is 13.2 Å². The maximum absolute atomic E-state index is 9.00. The van der Waals surface area contributed by atoms with E-state index >= 15 is 0 Å². The average Bonchev–Trinajstić information content (AvgIpc) is 2.25. The second-order valence-corrected chi connectivity index (χ2v) is 4.49. The van der Waals surface area contributed by atoms with Gasteiger partial charge < -0.3 is 10.4 Å². The monoisotopic (exact) mass is 271 g/mol. The highest BCUT2D eigenvalue weighted by atomic mass is 79.9. The van der Waals surface area contributed by atoms with Gasteiger partial charge in [-0.05, 0) is 37.1 Å². The highest BCUT2D eigenvalue weighted by Crippen LogP contribution is 2.19. The van der Waals surface area contributed by atoms with Crippen LogP contribution in [0.2, 0.25) is 0 Å². The van der Waals surface area contributed by atoms with Gasteiger partial charge in [0.25, 0.3) is 0 Å². The molecule has 1 atom stereocenters. The lowest BCUT2D eigenvalue weighted by atomic mass is 10.0. The predicted molar refractivity (Wildman–Crippen MR) is 66.9 cm³/mol. The Hall–Kier alpha value is -0.380. The summed E-state index contributed by atoms with van der Waals surface area (Å²) >= 11 is 3.42. The molecule has 1 rings (SSSR count). The normalized spacial score (nSPS) is 12.7. The summed E-state index contributed by atoms with van der Waals surface area (Å²) in [5.74, 6) is 0. The zero-order valence-corrected chi connectivity index (χ0v) is 10.6. The first kappa shape index (κ1) is 12.7. The SMILES string of the molecule is CCCNC(CCO)c1ccc(Br)cc1. The third kappa shape index (κ3) is 4.33. The minimum Gasteiger partial charge on any atom is -0.396 e. The number of benzene rings is 1. The number of hydrogen-bond acceptors (Lipinski definition) is 2. The average molecular weight is 272 g/mol. The Morgan fingerprint density at radius 1 is 1.33 bits per heavy atom. The van der Waals surface area contributed by atoms with Gasteiger partial charge in [0.2, 0.25) is 0 Å². The summed E-state index contributed by atoms with van der Waals surface area (Å²) in [5, 5.41) is 12.4. The van der Waals surface area contributed by atoms with E-state index in [4.69, 9.17) is 5.11 Å². The Kier molecular flexibility index (Phi) is 5.91. The Balaban J connectivity index is 2.65. The third-order valence-corrected chi connectivity index (χ3v) is 2.86. The molecule has 1 aromatic carbocycles. The molecule has 0 saturated carbocycles. The maximum atomic E-state index is 9.00. The fraction of sp³-hybridized carbons (Fsp3) is 0.500. The van der Waals surface area contributed by atoms with Gasteiger partial charge in [-0.2, -0.15) is 0 Å². The Morgan fingerprint density at radius 2 is 2.00 bits per heavy atom. The highest BCUT2D eigenvalue weighted by Gasteiger charge is 2.08. The number of aliphatic hydroxyl groups is 1. The Bertz CT molecular complexity index is 273. The zero-order valence-electron chi connectivity index (χ0n) is 9.04. The van der Waals surface area contributed by atoms with Crippen molar-refractivity contribution in [2.45, 2.75) is 25.8 Å². The van der Waals surface area contributed by atoms with Crippen molar-refractivity contribution in [3.8, 4) is 0 Å². The Morgan fingerprint density at radius 3 is 2.53 bits per heavy atom. The van der Waals surface area contributed by atoms with E-state index in [1.54, 1.807) is 0 Å². The lowest BCUT2D eigenvalue weighted by Gasteiger charge is -2.17. The van der Waals surface area contributed by atoms with Crippen LogP contribution in [0.1, 0.15) is 31.4 Å². The summed E-state index contributed by atoms with van der Waals surface area (Å²) in [6.07, 6.45) is 1.88. The first-order valence-electron chi connectivity index (χ1n) is 5.37. The molecule has 3 heteroatoms. The molecule has 0 aliphatic heterocycles. The quantitative estimate of drug-likeness (QED) is 0.834. The van der Waals surface area contributed by atoms with Crippen LogP contribution >= 0.6 is 15.9 Å². The summed E-state index contributed by atoms with van der Waals surface area (Å²) in [7, 11) is 0. The van der Waals surface area contributed by atoms with Crippen LogP contribution in [0.3, 0.4) is 0 Å².